The molecule has 0 saturated heterocycles. The second-order valence-corrected chi connectivity index (χ2v) is 6.29. The van der Waals surface area contributed by atoms with Gasteiger partial charge in [0, 0.05) is 11.8 Å². The number of ether oxygens (including phenoxy) is 1. The van der Waals surface area contributed by atoms with Crippen LogP contribution in [-0.2, 0) is 6.42 Å². The quantitative estimate of drug-likeness (QED) is 0.723. The number of benzene rings is 1. The minimum atomic E-state index is -4.21. The molecule has 0 spiro atoms. The Labute approximate surface area is 129 Å². The van der Waals surface area contributed by atoms with Crippen molar-refractivity contribution in [1.29, 1.82) is 0 Å². The maximum absolute atomic E-state index is 12.0. The number of rotatable bonds is 7. The van der Waals surface area contributed by atoms with Crippen molar-refractivity contribution in [3.63, 3.8) is 0 Å². The highest BCUT2D eigenvalue weighted by Gasteiger charge is 2.27. The third-order valence-corrected chi connectivity index (χ3v) is 3.94. The molecule has 20 heavy (non-hydrogen) atoms. The van der Waals surface area contributed by atoms with Crippen LogP contribution in [0, 0.1) is 0 Å². The first-order chi connectivity index (χ1) is 9.31. The summed E-state index contributed by atoms with van der Waals surface area (Å²) in [5, 5.41) is 0. The molecular formula is C13H17BrF3NOS. The van der Waals surface area contributed by atoms with Gasteiger partial charge in [-0.2, -0.15) is 13.2 Å². The molecule has 114 valence electrons. The molecule has 2 nitrogen and oxygen atoms in total. The van der Waals surface area contributed by atoms with Crippen LogP contribution < -0.4 is 10.5 Å². The first kappa shape index (κ1) is 17.7. The summed E-state index contributed by atoms with van der Waals surface area (Å²) >= 11 is 3.27. The van der Waals surface area contributed by atoms with Gasteiger partial charge in [0.25, 0.3) is 0 Å². The average Bonchev–Trinajstić information content (AvgIpc) is 2.35. The summed E-state index contributed by atoms with van der Waals surface area (Å²) in [6, 6.07) is 5.63. The molecule has 0 aliphatic carbocycles. The maximum atomic E-state index is 12.0. The Kier molecular flexibility index (Phi) is 7.19. The van der Waals surface area contributed by atoms with Gasteiger partial charge in [-0.25, -0.2) is 0 Å². The van der Waals surface area contributed by atoms with E-state index in [-0.39, 0.29) is 30.2 Å². The van der Waals surface area contributed by atoms with E-state index in [4.69, 9.17) is 10.5 Å². The van der Waals surface area contributed by atoms with Gasteiger partial charge in [0.2, 0.25) is 0 Å². The van der Waals surface area contributed by atoms with Gasteiger partial charge in [-0.3, -0.25) is 0 Å². The van der Waals surface area contributed by atoms with Gasteiger partial charge < -0.3 is 10.5 Å². The largest absolute Gasteiger partial charge is 0.492 e. The fourth-order valence-electron chi connectivity index (χ4n) is 1.54. The van der Waals surface area contributed by atoms with Crippen molar-refractivity contribution in [1.82, 2.24) is 0 Å². The van der Waals surface area contributed by atoms with Crippen molar-refractivity contribution < 1.29 is 17.9 Å². The molecule has 0 fully saturated rings. The second kappa shape index (κ2) is 8.14. The van der Waals surface area contributed by atoms with Crippen molar-refractivity contribution in [3.8, 4) is 5.75 Å². The number of halogens is 4. The minimum absolute atomic E-state index is 0.0105. The Bertz CT molecular complexity index is 429. The zero-order valence-corrected chi connectivity index (χ0v) is 13.4. The minimum Gasteiger partial charge on any atom is -0.492 e. The molecule has 1 aromatic rings. The van der Waals surface area contributed by atoms with Crippen molar-refractivity contribution in [3.05, 3.63) is 28.2 Å². The Morgan fingerprint density at radius 1 is 1.40 bits per heavy atom. The van der Waals surface area contributed by atoms with Crippen LogP contribution in [0.4, 0.5) is 13.2 Å². The summed E-state index contributed by atoms with van der Waals surface area (Å²) in [4.78, 5) is 0. The first-order valence-electron chi connectivity index (χ1n) is 6.19. The molecule has 1 atom stereocenters. The summed E-state index contributed by atoms with van der Waals surface area (Å²) in [6.07, 6.45) is 1.66. The second-order valence-electron chi connectivity index (χ2n) is 4.28. The third-order valence-electron chi connectivity index (χ3n) is 2.63. The van der Waals surface area contributed by atoms with Gasteiger partial charge in [0.15, 0.2) is 0 Å². The Balaban J connectivity index is 2.47. The topological polar surface area (TPSA) is 35.2 Å². The molecule has 0 bridgehead atoms. The lowest BCUT2D eigenvalue weighted by molar-refractivity contribution is -0.0329. The highest BCUT2D eigenvalue weighted by Crippen LogP contribution is 2.31. The van der Waals surface area contributed by atoms with Crippen LogP contribution in [-0.4, -0.2) is 23.9 Å². The lowest BCUT2D eigenvalue weighted by Gasteiger charge is -2.12. The monoisotopic (exact) mass is 371 g/mol. The van der Waals surface area contributed by atoms with E-state index in [2.05, 4.69) is 15.9 Å². The molecule has 1 unspecified atom stereocenters. The van der Waals surface area contributed by atoms with Crippen molar-refractivity contribution in [2.24, 2.45) is 5.73 Å². The van der Waals surface area contributed by atoms with Crippen LogP contribution in [0.5, 0.6) is 5.75 Å². The smallest absolute Gasteiger partial charge is 0.441 e. The SMILES string of the molecule is CCC(N)Cc1ccc(OCCSC(F)(F)F)c(Br)c1. The van der Waals surface area contributed by atoms with Crippen molar-refractivity contribution in [2.45, 2.75) is 31.3 Å². The molecule has 0 saturated carbocycles. The molecule has 7 heteroatoms. The molecule has 1 rings (SSSR count). The highest BCUT2D eigenvalue weighted by molar-refractivity contribution is 9.10. The van der Waals surface area contributed by atoms with Gasteiger partial charge in [0.05, 0.1) is 11.1 Å². The van der Waals surface area contributed by atoms with Gasteiger partial charge in [-0.15, -0.1) is 0 Å². The third kappa shape index (κ3) is 6.85. The average molecular weight is 372 g/mol. The predicted octanol–water partition coefficient (Wildman–Crippen LogP) is 4.36. The van der Waals surface area contributed by atoms with E-state index >= 15 is 0 Å². The van der Waals surface area contributed by atoms with Gasteiger partial charge in [0.1, 0.15) is 5.75 Å². The zero-order chi connectivity index (χ0) is 15.2. The number of thioether (sulfide) groups is 1. The molecule has 0 heterocycles. The van der Waals surface area contributed by atoms with E-state index in [1.807, 2.05) is 19.1 Å². The number of alkyl halides is 3. The molecule has 0 aromatic heterocycles. The van der Waals surface area contributed by atoms with E-state index in [0.29, 0.717) is 5.75 Å². The van der Waals surface area contributed by atoms with Crippen molar-refractivity contribution >= 4 is 27.7 Å². The van der Waals surface area contributed by atoms with E-state index in [0.717, 1.165) is 22.9 Å². The van der Waals surface area contributed by atoms with Crippen LogP contribution in [0.1, 0.15) is 18.9 Å². The number of hydrogen-bond donors (Lipinski definition) is 1. The van der Waals surface area contributed by atoms with Crippen LogP contribution >= 0.6 is 27.7 Å². The Morgan fingerprint density at radius 3 is 2.65 bits per heavy atom. The fraction of sp³-hybridized carbons (Fsp3) is 0.538. The van der Waals surface area contributed by atoms with E-state index < -0.39 is 5.51 Å². The molecular weight excluding hydrogens is 355 g/mol. The number of nitrogens with two attached hydrogens (primary N) is 1. The van der Waals surface area contributed by atoms with Gasteiger partial charge in [-0.1, -0.05) is 13.0 Å². The number of hydrogen-bond acceptors (Lipinski definition) is 3. The standard InChI is InChI=1S/C13H17BrF3NOS/c1-2-10(18)7-9-3-4-12(11(14)8-9)19-5-6-20-13(15,16)17/h3-4,8,10H,2,5-7,18H2,1H3. The normalized spacial score (nSPS) is 13.3. The van der Waals surface area contributed by atoms with Crippen molar-refractivity contribution in [2.75, 3.05) is 12.4 Å². The predicted molar refractivity (Wildman–Crippen MR) is 80.1 cm³/mol. The molecule has 2 N–H and O–H groups in total. The lowest BCUT2D eigenvalue weighted by atomic mass is 10.0. The van der Waals surface area contributed by atoms with Crippen LogP contribution in [0.3, 0.4) is 0 Å². The lowest BCUT2D eigenvalue weighted by Crippen LogP contribution is -2.21. The summed E-state index contributed by atoms with van der Waals surface area (Å²) in [5.41, 5.74) is 2.74. The summed E-state index contributed by atoms with van der Waals surface area (Å²) in [6.45, 7) is 2.03. The summed E-state index contributed by atoms with van der Waals surface area (Å²) in [5.74, 6) is 0.417. The van der Waals surface area contributed by atoms with Gasteiger partial charge >= 0.3 is 5.51 Å². The molecule has 0 aliphatic rings. The molecule has 0 aliphatic heterocycles. The summed E-state index contributed by atoms with van der Waals surface area (Å²) in [7, 11) is 0. The first-order valence-corrected chi connectivity index (χ1v) is 7.97. The van der Waals surface area contributed by atoms with E-state index in [1.54, 1.807) is 6.07 Å². The highest BCUT2D eigenvalue weighted by atomic mass is 79.9. The van der Waals surface area contributed by atoms with Crippen LogP contribution in [0.15, 0.2) is 22.7 Å². The molecule has 0 amide bonds. The van der Waals surface area contributed by atoms with Gasteiger partial charge in [-0.05, 0) is 58.2 Å². The Hall–Kier alpha value is -0.400. The van der Waals surface area contributed by atoms with E-state index in [9.17, 15) is 13.2 Å². The zero-order valence-electron chi connectivity index (χ0n) is 11.0. The Morgan fingerprint density at radius 2 is 2.10 bits per heavy atom. The maximum Gasteiger partial charge on any atom is 0.441 e. The molecule has 1 aromatic carbocycles. The molecule has 0 radical (unpaired) electrons. The fourth-order valence-corrected chi connectivity index (χ4v) is 2.48. The van der Waals surface area contributed by atoms with Crippen LogP contribution in [0.25, 0.3) is 0 Å². The van der Waals surface area contributed by atoms with Crippen LogP contribution in [0.2, 0.25) is 0 Å². The summed E-state index contributed by atoms with van der Waals surface area (Å²) < 4.78 is 41.9. The van der Waals surface area contributed by atoms with E-state index in [1.165, 1.54) is 0 Å².